The van der Waals surface area contributed by atoms with Gasteiger partial charge in [-0.15, -0.1) is 0 Å². The Morgan fingerprint density at radius 3 is 2.68 bits per heavy atom. The summed E-state index contributed by atoms with van der Waals surface area (Å²) >= 11 is 0. The molecular weight excluding hydrogens is 238 g/mol. The van der Waals surface area contributed by atoms with Crippen LogP contribution in [0.1, 0.15) is 30.8 Å². The number of rotatable bonds is 6. The second-order valence-electron chi connectivity index (χ2n) is 4.62. The van der Waals surface area contributed by atoms with Gasteiger partial charge in [-0.3, -0.25) is 0 Å². The Morgan fingerprint density at radius 1 is 1.32 bits per heavy atom. The van der Waals surface area contributed by atoms with Crippen LogP contribution in [0.5, 0.6) is 5.75 Å². The van der Waals surface area contributed by atoms with Crippen LogP contribution in [0, 0.1) is 0 Å². The third-order valence-corrected chi connectivity index (χ3v) is 3.21. The molecule has 1 aromatic carbocycles. The maximum Gasteiger partial charge on any atom is 0.118 e. The van der Waals surface area contributed by atoms with E-state index in [2.05, 4.69) is 16.5 Å². The summed E-state index contributed by atoms with van der Waals surface area (Å²) in [5, 5.41) is 0. The second-order valence-corrected chi connectivity index (χ2v) is 4.62. The van der Waals surface area contributed by atoms with E-state index in [9.17, 15) is 0 Å². The lowest BCUT2D eigenvalue weighted by Crippen LogP contribution is -2.16. The highest BCUT2D eigenvalue weighted by molar-refractivity contribution is 5.29. The van der Waals surface area contributed by atoms with Crippen molar-refractivity contribution < 1.29 is 4.74 Å². The van der Waals surface area contributed by atoms with Gasteiger partial charge in [0.1, 0.15) is 11.6 Å². The van der Waals surface area contributed by atoms with E-state index in [-0.39, 0.29) is 6.04 Å². The Balaban J connectivity index is 2.06. The van der Waals surface area contributed by atoms with Crippen molar-refractivity contribution in [1.29, 1.82) is 0 Å². The first-order chi connectivity index (χ1) is 9.24. The number of nitrogens with zero attached hydrogens (tertiary/aromatic N) is 2. The number of benzene rings is 1. The van der Waals surface area contributed by atoms with Crippen LogP contribution in [0.4, 0.5) is 0 Å². The Bertz CT molecular complexity index is 504. The Hall–Kier alpha value is -1.81. The van der Waals surface area contributed by atoms with Crippen molar-refractivity contribution in [2.24, 2.45) is 5.73 Å². The van der Waals surface area contributed by atoms with Crippen LogP contribution in [0.3, 0.4) is 0 Å². The zero-order valence-electron chi connectivity index (χ0n) is 11.5. The van der Waals surface area contributed by atoms with Crippen LogP contribution in [-0.2, 0) is 13.0 Å². The monoisotopic (exact) mass is 259 g/mol. The molecule has 0 fully saturated rings. The van der Waals surface area contributed by atoms with Gasteiger partial charge in [0.15, 0.2) is 0 Å². The Labute approximate surface area is 114 Å². The summed E-state index contributed by atoms with van der Waals surface area (Å²) in [6, 6.07) is 7.86. The third-order valence-electron chi connectivity index (χ3n) is 3.21. The lowest BCUT2D eigenvalue weighted by atomic mass is 10.0. The maximum atomic E-state index is 6.25. The highest BCUT2D eigenvalue weighted by Crippen LogP contribution is 2.19. The van der Waals surface area contributed by atoms with Crippen LogP contribution in [0.15, 0.2) is 36.7 Å². The van der Waals surface area contributed by atoms with Crippen LogP contribution in [0.2, 0.25) is 0 Å². The van der Waals surface area contributed by atoms with Gasteiger partial charge in [0.2, 0.25) is 0 Å². The second kappa shape index (κ2) is 6.38. The average molecular weight is 259 g/mol. The van der Waals surface area contributed by atoms with Crippen molar-refractivity contribution in [2.45, 2.75) is 32.4 Å². The average Bonchev–Trinajstić information content (AvgIpc) is 2.86. The van der Waals surface area contributed by atoms with Crippen LogP contribution >= 0.6 is 0 Å². The minimum absolute atomic E-state index is 0.0380. The number of aromatic nitrogens is 2. The predicted octanol–water partition coefficient (Wildman–Crippen LogP) is 2.54. The number of imidazole rings is 1. The summed E-state index contributed by atoms with van der Waals surface area (Å²) in [4.78, 5) is 4.39. The molecule has 0 spiro atoms. The largest absolute Gasteiger partial charge is 0.497 e. The molecule has 0 amide bonds. The normalized spacial score (nSPS) is 12.4. The van der Waals surface area contributed by atoms with E-state index in [4.69, 9.17) is 10.5 Å². The van der Waals surface area contributed by atoms with Crippen molar-refractivity contribution in [3.05, 3.63) is 48.0 Å². The van der Waals surface area contributed by atoms with Gasteiger partial charge in [-0.25, -0.2) is 4.98 Å². The van der Waals surface area contributed by atoms with Crippen molar-refractivity contribution >= 4 is 0 Å². The molecule has 0 aliphatic carbocycles. The number of methoxy groups -OCH3 is 1. The van der Waals surface area contributed by atoms with Crippen molar-refractivity contribution in [3.8, 4) is 5.75 Å². The number of hydrogen-bond donors (Lipinski definition) is 1. The van der Waals surface area contributed by atoms with E-state index >= 15 is 0 Å². The van der Waals surface area contributed by atoms with Gasteiger partial charge in [0.05, 0.1) is 7.11 Å². The molecule has 19 heavy (non-hydrogen) atoms. The first kappa shape index (κ1) is 13.6. The summed E-state index contributed by atoms with van der Waals surface area (Å²) in [6.07, 6.45) is 5.70. The number of hydrogen-bond acceptors (Lipinski definition) is 3. The van der Waals surface area contributed by atoms with E-state index in [1.807, 2.05) is 36.7 Å². The van der Waals surface area contributed by atoms with Gasteiger partial charge < -0.3 is 15.0 Å². The van der Waals surface area contributed by atoms with Crippen LogP contribution < -0.4 is 10.5 Å². The predicted molar refractivity (Wildman–Crippen MR) is 76.1 cm³/mol. The Kier molecular flexibility index (Phi) is 4.58. The highest BCUT2D eigenvalue weighted by Gasteiger charge is 2.11. The maximum absolute atomic E-state index is 6.25. The van der Waals surface area contributed by atoms with Crippen molar-refractivity contribution in [1.82, 2.24) is 9.55 Å². The standard InChI is InChI=1S/C15H21N3O/c1-3-9-18-10-8-17-15(18)11-14(16)12-4-6-13(19-2)7-5-12/h4-8,10,14H,3,9,11,16H2,1-2H3. The molecule has 0 aliphatic rings. The van der Waals surface area contributed by atoms with E-state index in [0.717, 1.165) is 36.5 Å². The molecule has 1 heterocycles. The fraction of sp³-hybridized carbons (Fsp3) is 0.400. The fourth-order valence-corrected chi connectivity index (χ4v) is 2.14. The van der Waals surface area contributed by atoms with Gasteiger partial charge in [0.25, 0.3) is 0 Å². The zero-order chi connectivity index (χ0) is 13.7. The molecule has 1 aromatic heterocycles. The van der Waals surface area contributed by atoms with E-state index < -0.39 is 0 Å². The molecular formula is C15H21N3O. The molecule has 4 heteroatoms. The molecule has 4 nitrogen and oxygen atoms in total. The molecule has 1 atom stereocenters. The van der Waals surface area contributed by atoms with Crippen molar-refractivity contribution in [2.75, 3.05) is 7.11 Å². The van der Waals surface area contributed by atoms with Crippen molar-refractivity contribution in [3.63, 3.8) is 0 Å². The molecule has 0 bridgehead atoms. The Morgan fingerprint density at radius 2 is 2.05 bits per heavy atom. The van der Waals surface area contributed by atoms with Crippen LogP contribution in [0.25, 0.3) is 0 Å². The number of ether oxygens (including phenoxy) is 1. The SMILES string of the molecule is CCCn1ccnc1CC(N)c1ccc(OC)cc1. The summed E-state index contributed by atoms with van der Waals surface area (Å²) in [6.45, 7) is 3.15. The summed E-state index contributed by atoms with van der Waals surface area (Å²) in [5.41, 5.74) is 7.35. The molecule has 0 saturated carbocycles. The lowest BCUT2D eigenvalue weighted by molar-refractivity contribution is 0.414. The highest BCUT2D eigenvalue weighted by atomic mass is 16.5. The minimum atomic E-state index is -0.0380. The van der Waals surface area contributed by atoms with Gasteiger partial charge in [0, 0.05) is 31.4 Å². The molecule has 2 N–H and O–H groups in total. The lowest BCUT2D eigenvalue weighted by Gasteiger charge is -2.13. The molecule has 102 valence electrons. The van der Waals surface area contributed by atoms with Crippen LogP contribution in [-0.4, -0.2) is 16.7 Å². The quantitative estimate of drug-likeness (QED) is 0.867. The number of nitrogens with two attached hydrogens (primary N) is 1. The number of aryl methyl sites for hydroxylation is 1. The van der Waals surface area contributed by atoms with E-state index in [1.165, 1.54) is 0 Å². The van der Waals surface area contributed by atoms with E-state index in [0.29, 0.717) is 0 Å². The topological polar surface area (TPSA) is 53.1 Å². The zero-order valence-corrected chi connectivity index (χ0v) is 11.5. The minimum Gasteiger partial charge on any atom is -0.497 e. The van der Waals surface area contributed by atoms with E-state index in [1.54, 1.807) is 7.11 Å². The summed E-state index contributed by atoms with van der Waals surface area (Å²) < 4.78 is 7.32. The van der Waals surface area contributed by atoms with Gasteiger partial charge in [-0.05, 0) is 24.1 Å². The first-order valence-corrected chi connectivity index (χ1v) is 6.64. The molecule has 0 aliphatic heterocycles. The molecule has 2 aromatic rings. The molecule has 0 radical (unpaired) electrons. The summed E-state index contributed by atoms with van der Waals surface area (Å²) in [5.74, 6) is 1.90. The molecule has 2 rings (SSSR count). The van der Waals surface area contributed by atoms with Gasteiger partial charge >= 0.3 is 0 Å². The summed E-state index contributed by atoms with van der Waals surface area (Å²) in [7, 11) is 1.66. The van der Waals surface area contributed by atoms with Gasteiger partial charge in [-0.1, -0.05) is 19.1 Å². The fourth-order valence-electron chi connectivity index (χ4n) is 2.14. The molecule has 0 saturated heterocycles. The smallest absolute Gasteiger partial charge is 0.118 e. The van der Waals surface area contributed by atoms with Gasteiger partial charge in [-0.2, -0.15) is 0 Å². The molecule has 1 unspecified atom stereocenters. The third kappa shape index (κ3) is 3.35. The first-order valence-electron chi connectivity index (χ1n) is 6.64.